The van der Waals surface area contributed by atoms with Crippen LogP contribution in [0.25, 0.3) is 21.0 Å². The molecule has 3 aromatic carbocycles. The molecule has 1 aliphatic rings. The summed E-state index contributed by atoms with van der Waals surface area (Å²) < 4.78 is 7.12. The van der Waals surface area contributed by atoms with Crippen molar-refractivity contribution in [3.63, 3.8) is 0 Å². The van der Waals surface area contributed by atoms with Crippen molar-refractivity contribution in [3.05, 3.63) is 95.4 Å². The van der Waals surface area contributed by atoms with Gasteiger partial charge < -0.3 is 10.1 Å². The van der Waals surface area contributed by atoms with E-state index in [1.807, 2.05) is 42.5 Å². The smallest absolute Gasteiger partial charge is 0.209 e. The van der Waals surface area contributed by atoms with E-state index in [2.05, 4.69) is 63.2 Å². The number of aromatic nitrogens is 1. The van der Waals surface area contributed by atoms with E-state index >= 15 is 0 Å². The molecule has 0 saturated heterocycles. The first kappa shape index (κ1) is 19.7. The third-order valence-electron chi connectivity index (χ3n) is 5.48. The predicted molar refractivity (Wildman–Crippen MR) is 132 cm³/mol. The number of ether oxygens (including phenoxy) is 1. The Bertz CT molecular complexity index is 1460. The van der Waals surface area contributed by atoms with E-state index in [9.17, 15) is 0 Å². The number of thiophene rings is 1. The fourth-order valence-electron chi connectivity index (χ4n) is 3.83. The molecule has 0 saturated carbocycles. The van der Waals surface area contributed by atoms with Crippen LogP contribution in [-0.2, 0) is 6.61 Å². The first-order valence-electron chi connectivity index (χ1n) is 10.6. The molecule has 1 aliphatic heterocycles. The SMILES string of the molecule is c1ccc(COc2ccc(Nc3nc4cc(C5=N[NH2+]NN5)ccc4c4sccc34)cc2)cc1. The van der Waals surface area contributed by atoms with Gasteiger partial charge in [-0.1, -0.05) is 48.0 Å². The van der Waals surface area contributed by atoms with Gasteiger partial charge in [0.15, 0.2) is 0 Å². The van der Waals surface area contributed by atoms with E-state index in [0.29, 0.717) is 6.61 Å². The van der Waals surface area contributed by atoms with Crippen LogP contribution in [0.1, 0.15) is 11.1 Å². The van der Waals surface area contributed by atoms with E-state index in [1.54, 1.807) is 16.9 Å². The number of nitrogens with two attached hydrogens (primary N) is 1. The maximum absolute atomic E-state index is 5.91. The van der Waals surface area contributed by atoms with Crippen LogP contribution in [0.4, 0.5) is 11.5 Å². The number of rotatable bonds is 6. The molecule has 0 fully saturated rings. The van der Waals surface area contributed by atoms with Gasteiger partial charge >= 0.3 is 0 Å². The lowest BCUT2D eigenvalue weighted by molar-refractivity contribution is -0.713. The second-order valence-electron chi connectivity index (χ2n) is 7.66. The van der Waals surface area contributed by atoms with Crippen molar-refractivity contribution >= 4 is 49.7 Å². The van der Waals surface area contributed by atoms with Crippen molar-refractivity contribution in [2.45, 2.75) is 6.61 Å². The number of hydrazine groups is 1. The summed E-state index contributed by atoms with van der Waals surface area (Å²) in [5.74, 6) is 2.45. The molecule has 0 spiro atoms. The van der Waals surface area contributed by atoms with Crippen LogP contribution in [-0.4, -0.2) is 10.8 Å². The molecule has 5 N–H and O–H groups in total. The van der Waals surface area contributed by atoms with Crippen LogP contribution >= 0.6 is 11.3 Å². The fraction of sp³-hybridized carbons (Fsp3) is 0.0400. The minimum atomic E-state index is 0.547. The maximum Gasteiger partial charge on any atom is 0.209 e. The topological polar surface area (TPSA) is 87.2 Å². The van der Waals surface area contributed by atoms with Crippen LogP contribution < -0.4 is 26.5 Å². The van der Waals surface area contributed by atoms with Gasteiger partial charge in [0.05, 0.1) is 5.52 Å². The number of fused-ring (bicyclic) bond motifs is 3. The molecule has 0 radical (unpaired) electrons. The average Bonchev–Trinajstić information content (AvgIpc) is 3.57. The van der Waals surface area contributed by atoms with Gasteiger partial charge in [0, 0.05) is 26.7 Å². The number of anilines is 2. The van der Waals surface area contributed by atoms with Crippen molar-refractivity contribution < 1.29 is 10.3 Å². The Balaban J connectivity index is 1.27. The summed E-state index contributed by atoms with van der Waals surface area (Å²) in [5, 5.41) is 12.2. The number of hydrogen-bond donors (Lipinski definition) is 4. The van der Waals surface area contributed by atoms with Crippen LogP contribution in [0.2, 0.25) is 0 Å². The Morgan fingerprint density at radius 3 is 2.64 bits per heavy atom. The van der Waals surface area contributed by atoms with Gasteiger partial charge in [-0.15, -0.1) is 16.9 Å². The summed E-state index contributed by atoms with van der Waals surface area (Å²) in [6, 6.07) is 26.5. The third-order valence-corrected chi connectivity index (χ3v) is 6.43. The Hall–Kier alpha value is -3.98. The zero-order valence-corrected chi connectivity index (χ0v) is 18.4. The van der Waals surface area contributed by atoms with Gasteiger partial charge in [-0.2, -0.15) is 0 Å². The highest BCUT2D eigenvalue weighted by atomic mass is 32.1. The molecule has 0 aliphatic carbocycles. The monoisotopic (exact) mass is 453 g/mol. The number of benzene rings is 3. The zero-order chi connectivity index (χ0) is 22.0. The molecule has 0 bridgehead atoms. The molecule has 0 atom stereocenters. The van der Waals surface area contributed by atoms with Gasteiger partial charge in [-0.25, -0.2) is 4.98 Å². The third kappa shape index (κ3) is 3.98. The molecular formula is C25H21N6OS+. The van der Waals surface area contributed by atoms with E-state index in [-0.39, 0.29) is 0 Å². The second kappa shape index (κ2) is 8.51. The van der Waals surface area contributed by atoms with Crippen LogP contribution in [0.15, 0.2) is 89.3 Å². The lowest BCUT2D eigenvalue weighted by Gasteiger charge is -2.11. The maximum atomic E-state index is 5.91. The van der Waals surface area contributed by atoms with Gasteiger partial charge in [-0.3, -0.25) is 5.43 Å². The lowest BCUT2D eigenvalue weighted by Crippen LogP contribution is -2.87. The molecule has 33 heavy (non-hydrogen) atoms. The quantitative estimate of drug-likeness (QED) is 0.292. The Kier molecular flexibility index (Phi) is 5.08. The lowest BCUT2D eigenvalue weighted by atomic mass is 10.1. The highest BCUT2D eigenvalue weighted by molar-refractivity contribution is 7.18. The van der Waals surface area contributed by atoms with E-state index in [0.717, 1.165) is 50.5 Å². The van der Waals surface area contributed by atoms with Gasteiger partial charge in [-0.05, 0) is 52.4 Å². The number of amidine groups is 1. The predicted octanol–water partition coefficient (Wildman–Crippen LogP) is 4.02. The minimum Gasteiger partial charge on any atom is -0.489 e. The average molecular weight is 454 g/mol. The largest absolute Gasteiger partial charge is 0.489 e. The van der Waals surface area contributed by atoms with Crippen molar-refractivity contribution in [3.8, 4) is 5.75 Å². The first-order valence-corrected chi connectivity index (χ1v) is 11.5. The molecular weight excluding hydrogens is 432 g/mol. The van der Waals surface area contributed by atoms with Crippen molar-refractivity contribution in [1.29, 1.82) is 0 Å². The molecule has 3 heterocycles. The van der Waals surface area contributed by atoms with Gasteiger partial charge in [0.25, 0.3) is 0 Å². The summed E-state index contributed by atoms with van der Waals surface area (Å²) in [7, 11) is 0. The summed E-state index contributed by atoms with van der Waals surface area (Å²) in [5.41, 5.74) is 11.6. The zero-order valence-electron chi connectivity index (χ0n) is 17.6. The van der Waals surface area contributed by atoms with Crippen LogP contribution in [0, 0.1) is 0 Å². The van der Waals surface area contributed by atoms with Crippen molar-refractivity contribution in [2.24, 2.45) is 5.10 Å². The standard InChI is InChI=1S/C25H20N6OS/c1-2-4-16(5-3-1)15-32-19-9-7-18(8-10-19)26-25-21-12-13-33-23(21)20-11-6-17(14-22(20)27-25)24-28-30-31-29-24/h1-14,30-31H,15H2,(H,26,27)(H,28,29)/p+1. The number of quaternary nitrogens is 1. The van der Waals surface area contributed by atoms with Gasteiger partial charge in [0.2, 0.25) is 5.84 Å². The Labute approximate surface area is 194 Å². The number of pyridine rings is 1. The fourth-order valence-corrected chi connectivity index (χ4v) is 4.76. The summed E-state index contributed by atoms with van der Waals surface area (Å²) in [6.07, 6.45) is 0. The molecule has 7 nitrogen and oxygen atoms in total. The number of nitrogens with one attached hydrogen (secondary N) is 3. The van der Waals surface area contributed by atoms with Crippen LogP contribution in [0.3, 0.4) is 0 Å². The normalized spacial score (nSPS) is 13.2. The number of hydrogen-bond acceptors (Lipinski definition) is 7. The Morgan fingerprint density at radius 1 is 0.939 bits per heavy atom. The molecule has 0 amide bonds. The summed E-state index contributed by atoms with van der Waals surface area (Å²) in [4.78, 5) is 4.95. The molecule has 5 aromatic rings. The second-order valence-corrected chi connectivity index (χ2v) is 8.57. The molecule has 2 aromatic heterocycles. The van der Waals surface area contributed by atoms with Crippen molar-refractivity contribution in [1.82, 2.24) is 15.9 Å². The molecule has 0 unspecified atom stereocenters. The molecule has 6 rings (SSSR count). The molecule has 162 valence electrons. The summed E-state index contributed by atoms with van der Waals surface area (Å²) in [6.45, 7) is 0.547. The number of nitrogens with zero attached hydrogens (tertiary/aromatic N) is 2. The Morgan fingerprint density at radius 2 is 1.82 bits per heavy atom. The van der Waals surface area contributed by atoms with E-state index in [1.165, 1.54) is 4.70 Å². The molecule has 8 heteroatoms. The van der Waals surface area contributed by atoms with Crippen molar-refractivity contribution in [2.75, 3.05) is 5.32 Å². The van der Waals surface area contributed by atoms with E-state index in [4.69, 9.17) is 9.72 Å². The minimum absolute atomic E-state index is 0.547. The highest BCUT2D eigenvalue weighted by Gasteiger charge is 2.15. The van der Waals surface area contributed by atoms with Gasteiger partial charge in [0.1, 0.15) is 18.2 Å². The van der Waals surface area contributed by atoms with Crippen LogP contribution in [0.5, 0.6) is 5.75 Å². The first-order chi connectivity index (χ1) is 16.3. The highest BCUT2D eigenvalue weighted by Crippen LogP contribution is 2.35. The summed E-state index contributed by atoms with van der Waals surface area (Å²) >= 11 is 1.72. The van der Waals surface area contributed by atoms with E-state index < -0.39 is 0 Å².